The van der Waals surface area contributed by atoms with E-state index in [9.17, 15) is 4.79 Å². The van der Waals surface area contributed by atoms with Crippen LogP contribution in [0.25, 0.3) is 10.1 Å². The molecular weight excluding hydrogens is 630 g/mol. The number of pyridine rings is 2. The number of carbonyl (C=O) groups is 1. The molecule has 1 unspecified atom stereocenters. The number of amides is 1. The summed E-state index contributed by atoms with van der Waals surface area (Å²) in [5.41, 5.74) is 2.72. The molecule has 6 rings (SSSR count). The van der Waals surface area contributed by atoms with Crippen molar-refractivity contribution in [2.75, 3.05) is 25.8 Å². The van der Waals surface area contributed by atoms with Gasteiger partial charge in [-0.3, -0.25) is 4.79 Å². The molecule has 0 saturated carbocycles. The van der Waals surface area contributed by atoms with Crippen molar-refractivity contribution in [2.24, 2.45) is 0 Å². The lowest BCUT2D eigenvalue weighted by molar-refractivity contribution is -0.0392. The first-order valence-corrected chi connectivity index (χ1v) is 16.5. The Labute approximate surface area is 271 Å². The SMILES string of the molecule is COCOCc1ccccc1C(CNC(=O)c1nccc(Sc2cnc(Nc3nccc4sccc34)s2)c1F)c1ccccc1. The zero-order valence-electron chi connectivity index (χ0n) is 24.1. The minimum atomic E-state index is -0.683. The first-order valence-electron chi connectivity index (χ1n) is 14.0. The summed E-state index contributed by atoms with van der Waals surface area (Å²) in [5.74, 6) is -0.758. The zero-order chi connectivity index (χ0) is 31.0. The zero-order valence-corrected chi connectivity index (χ0v) is 26.6. The Morgan fingerprint density at radius 3 is 2.69 bits per heavy atom. The molecule has 0 aliphatic rings. The number of anilines is 2. The van der Waals surface area contributed by atoms with E-state index in [0.29, 0.717) is 17.6 Å². The average Bonchev–Trinajstić information content (AvgIpc) is 3.73. The van der Waals surface area contributed by atoms with E-state index in [2.05, 4.69) is 25.6 Å². The fourth-order valence-electron chi connectivity index (χ4n) is 4.84. The normalized spacial score (nSPS) is 11.9. The average molecular weight is 658 g/mol. The number of ether oxygens (including phenoxy) is 2. The number of halogens is 1. The van der Waals surface area contributed by atoms with Gasteiger partial charge in [-0.05, 0) is 40.3 Å². The van der Waals surface area contributed by atoms with E-state index in [4.69, 9.17) is 9.47 Å². The van der Waals surface area contributed by atoms with E-state index in [1.807, 2.05) is 72.1 Å². The predicted octanol–water partition coefficient (Wildman–Crippen LogP) is 7.86. The largest absolute Gasteiger partial charge is 0.359 e. The molecule has 228 valence electrons. The molecule has 0 spiro atoms. The summed E-state index contributed by atoms with van der Waals surface area (Å²) in [6, 6.07) is 23.3. The first-order chi connectivity index (χ1) is 22.1. The van der Waals surface area contributed by atoms with E-state index in [1.54, 1.807) is 36.9 Å². The van der Waals surface area contributed by atoms with Crippen molar-refractivity contribution in [1.82, 2.24) is 20.3 Å². The quantitative estimate of drug-likeness (QED) is 0.0957. The summed E-state index contributed by atoms with van der Waals surface area (Å²) >= 11 is 4.20. The Morgan fingerprint density at radius 1 is 1.00 bits per heavy atom. The van der Waals surface area contributed by atoms with Gasteiger partial charge in [0.15, 0.2) is 16.6 Å². The standard InChI is InChI=1S/C33H28FN5O3S3/c1-41-20-42-19-22-9-5-6-10-23(22)25(21-7-3-2-4-8-21)17-37-32(40)30-29(34)27(12-14-35-30)44-28-18-38-33(45-28)39-31-24-13-16-43-26(24)11-15-36-31/h2-16,18,25H,17,19-20H2,1H3,(H,37,40)(H,36,38,39). The topological polar surface area (TPSA) is 98.3 Å². The van der Waals surface area contributed by atoms with Crippen LogP contribution in [0.4, 0.5) is 15.3 Å². The molecule has 4 aromatic heterocycles. The van der Waals surface area contributed by atoms with Crippen molar-refractivity contribution >= 4 is 61.4 Å². The fourth-order valence-corrected chi connectivity index (χ4v) is 7.48. The summed E-state index contributed by atoms with van der Waals surface area (Å²) in [7, 11) is 1.58. The maximum Gasteiger partial charge on any atom is 0.273 e. The van der Waals surface area contributed by atoms with E-state index in [1.165, 1.54) is 29.3 Å². The van der Waals surface area contributed by atoms with Crippen LogP contribution in [-0.2, 0) is 16.1 Å². The minimum absolute atomic E-state index is 0.169. The van der Waals surface area contributed by atoms with E-state index < -0.39 is 11.7 Å². The molecule has 4 heterocycles. The van der Waals surface area contributed by atoms with Crippen molar-refractivity contribution in [3.8, 4) is 0 Å². The summed E-state index contributed by atoms with van der Waals surface area (Å²) in [6.45, 7) is 0.756. The molecule has 2 N–H and O–H groups in total. The van der Waals surface area contributed by atoms with Gasteiger partial charge in [-0.2, -0.15) is 0 Å². The molecular formula is C33H28FN5O3S3. The lowest BCUT2D eigenvalue weighted by Gasteiger charge is -2.22. The van der Waals surface area contributed by atoms with E-state index >= 15 is 4.39 Å². The summed E-state index contributed by atoms with van der Waals surface area (Å²) in [6.07, 6.45) is 4.86. The van der Waals surface area contributed by atoms with Crippen LogP contribution < -0.4 is 10.6 Å². The van der Waals surface area contributed by atoms with Gasteiger partial charge in [0, 0.05) is 42.1 Å². The van der Waals surface area contributed by atoms with Crippen LogP contribution in [-0.4, -0.2) is 41.3 Å². The third-order valence-electron chi connectivity index (χ3n) is 6.93. The monoisotopic (exact) mass is 657 g/mol. The molecule has 1 amide bonds. The summed E-state index contributed by atoms with van der Waals surface area (Å²) in [4.78, 5) is 26.6. The maximum absolute atomic E-state index is 15.7. The van der Waals surface area contributed by atoms with E-state index in [0.717, 1.165) is 31.0 Å². The van der Waals surface area contributed by atoms with Crippen molar-refractivity contribution in [2.45, 2.75) is 21.6 Å². The number of hydrogen-bond donors (Lipinski definition) is 2. The maximum atomic E-state index is 15.7. The smallest absolute Gasteiger partial charge is 0.273 e. The lowest BCUT2D eigenvalue weighted by Crippen LogP contribution is -2.30. The van der Waals surface area contributed by atoms with Gasteiger partial charge in [0.25, 0.3) is 5.91 Å². The molecule has 0 aliphatic heterocycles. The van der Waals surface area contributed by atoms with Crippen molar-refractivity contribution in [3.05, 3.63) is 125 Å². The third kappa shape index (κ3) is 7.38. The molecule has 0 saturated heterocycles. The number of thiophene rings is 1. The van der Waals surface area contributed by atoms with Crippen LogP contribution in [0, 0.1) is 5.82 Å². The van der Waals surface area contributed by atoms with Gasteiger partial charge in [-0.25, -0.2) is 19.3 Å². The fraction of sp³-hybridized carbons (Fsp3) is 0.152. The van der Waals surface area contributed by atoms with Crippen LogP contribution in [0.5, 0.6) is 0 Å². The van der Waals surface area contributed by atoms with Gasteiger partial charge in [-0.1, -0.05) is 77.7 Å². The van der Waals surface area contributed by atoms with E-state index in [-0.39, 0.29) is 29.8 Å². The molecule has 0 radical (unpaired) electrons. The van der Waals surface area contributed by atoms with Crippen molar-refractivity contribution in [1.29, 1.82) is 0 Å². The number of methoxy groups -OCH3 is 1. The number of carbonyl (C=O) groups excluding carboxylic acids is 1. The highest BCUT2D eigenvalue weighted by Gasteiger charge is 2.22. The molecule has 12 heteroatoms. The highest BCUT2D eigenvalue weighted by Crippen LogP contribution is 2.37. The Morgan fingerprint density at radius 2 is 1.82 bits per heavy atom. The first kappa shape index (κ1) is 30.8. The van der Waals surface area contributed by atoms with Gasteiger partial charge in [0.05, 0.1) is 21.9 Å². The van der Waals surface area contributed by atoms with Gasteiger partial charge >= 0.3 is 0 Å². The molecule has 0 aliphatic carbocycles. The molecule has 8 nitrogen and oxygen atoms in total. The second-order valence-corrected chi connectivity index (χ2v) is 13.1. The summed E-state index contributed by atoms with van der Waals surface area (Å²) < 4.78 is 28.2. The van der Waals surface area contributed by atoms with Crippen molar-refractivity contribution < 1.29 is 18.7 Å². The highest BCUT2D eigenvalue weighted by molar-refractivity contribution is 8.01. The number of nitrogens with zero attached hydrogens (tertiary/aromatic N) is 3. The Bertz CT molecular complexity index is 1900. The van der Waals surface area contributed by atoms with Crippen LogP contribution >= 0.6 is 34.4 Å². The van der Waals surface area contributed by atoms with Crippen LogP contribution in [0.3, 0.4) is 0 Å². The van der Waals surface area contributed by atoms with Crippen LogP contribution in [0.1, 0.15) is 33.1 Å². The number of aromatic nitrogens is 3. The molecule has 0 fully saturated rings. The van der Waals surface area contributed by atoms with Crippen LogP contribution in [0.2, 0.25) is 0 Å². The number of benzene rings is 2. The highest BCUT2D eigenvalue weighted by atomic mass is 32.2. The Balaban J connectivity index is 1.17. The lowest BCUT2D eigenvalue weighted by atomic mass is 9.88. The molecule has 0 bridgehead atoms. The number of nitrogens with one attached hydrogen (secondary N) is 2. The third-order valence-corrected chi connectivity index (χ3v) is 9.86. The number of fused-ring (bicyclic) bond motifs is 1. The van der Waals surface area contributed by atoms with Crippen LogP contribution in [0.15, 0.2) is 106 Å². The second-order valence-electron chi connectivity index (χ2n) is 9.80. The summed E-state index contributed by atoms with van der Waals surface area (Å²) in [5, 5.41) is 9.85. The van der Waals surface area contributed by atoms with Gasteiger partial charge < -0.3 is 20.1 Å². The Kier molecular flexibility index (Phi) is 10.1. The number of thiazole rings is 1. The second kappa shape index (κ2) is 14.7. The van der Waals surface area contributed by atoms with Gasteiger partial charge in [-0.15, -0.1) is 11.3 Å². The number of rotatable bonds is 13. The van der Waals surface area contributed by atoms with Crippen molar-refractivity contribution in [3.63, 3.8) is 0 Å². The molecule has 6 aromatic rings. The molecule has 45 heavy (non-hydrogen) atoms. The van der Waals surface area contributed by atoms with Gasteiger partial charge in [0.1, 0.15) is 12.6 Å². The minimum Gasteiger partial charge on any atom is -0.359 e. The Hall–Kier alpha value is -4.20. The van der Waals surface area contributed by atoms with Gasteiger partial charge in [0.2, 0.25) is 0 Å². The number of hydrogen-bond acceptors (Lipinski definition) is 10. The molecule has 1 atom stereocenters. The molecule has 2 aromatic carbocycles. The predicted molar refractivity (Wildman–Crippen MR) is 177 cm³/mol.